The molecule has 1 heterocycles. The van der Waals surface area contributed by atoms with Crippen molar-refractivity contribution in [1.29, 1.82) is 0 Å². The van der Waals surface area contributed by atoms with Gasteiger partial charge in [0.15, 0.2) is 0 Å². The van der Waals surface area contributed by atoms with Crippen LogP contribution in [-0.2, 0) is 0 Å². The first-order chi connectivity index (χ1) is 5.29. The normalized spacial score (nSPS) is 27.3. The summed E-state index contributed by atoms with van der Waals surface area (Å²) >= 11 is 10.6. The minimum Gasteiger partial charge on any atom is -0.175 e. The second-order valence-corrected chi connectivity index (χ2v) is 7.30. The zero-order chi connectivity index (χ0) is 8.10. The van der Waals surface area contributed by atoms with E-state index in [1.807, 2.05) is 11.8 Å². The molecule has 2 unspecified atom stereocenters. The molecule has 1 aliphatic heterocycles. The average molecular weight is 226 g/mol. The SMILES string of the molecule is CC(S)CSCC1CSCS1. The number of thiol groups is 1. The molecule has 66 valence electrons. The molecule has 0 radical (unpaired) electrons. The van der Waals surface area contributed by atoms with Crippen molar-refractivity contribution in [3.8, 4) is 0 Å². The van der Waals surface area contributed by atoms with Gasteiger partial charge in [-0.15, -0.1) is 23.5 Å². The van der Waals surface area contributed by atoms with Crippen LogP contribution in [0, 0.1) is 0 Å². The fourth-order valence-corrected chi connectivity index (χ4v) is 5.43. The van der Waals surface area contributed by atoms with Crippen LogP contribution in [0.25, 0.3) is 0 Å². The third-order valence-corrected chi connectivity index (χ3v) is 6.23. The van der Waals surface area contributed by atoms with Gasteiger partial charge < -0.3 is 0 Å². The van der Waals surface area contributed by atoms with Gasteiger partial charge in [0.1, 0.15) is 0 Å². The van der Waals surface area contributed by atoms with E-state index in [4.69, 9.17) is 0 Å². The Balaban J connectivity index is 1.94. The average Bonchev–Trinajstić information content (AvgIpc) is 2.39. The molecule has 11 heavy (non-hydrogen) atoms. The predicted molar refractivity (Wildman–Crippen MR) is 64.5 cm³/mol. The van der Waals surface area contributed by atoms with E-state index in [-0.39, 0.29) is 0 Å². The monoisotopic (exact) mass is 226 g/mol. The number of thioether (sulfide) groups is 3. The Morgan fingerprint density at radius 1 is 1.73 bits per heavy atom. The molecule has 0 N–H and O–H groups in total. The number of rotatable bonds is 4. The van der Waals surface area contributed by atoms with E-state index in [1.54, 1.807) is 0 Å². The fraction of sp³-hybridized carbons (Fsp3) is 1.00. The molecule has 1 rings (SSSR count). The highest BCUT2D eigenvalue weighted by Gasteiger charge is 2.15. The molecule has 0 aromatic carbocycles. The first-order valence-electron chi connectivity index (χ1n) is 3.74. The molecular formula is C7H14S4. The van der Waals surface area contributed by atoms with Gasteiger partial charge in [0.25, 0.3) is 0 Å². The van der Waals surface area contributed by atoms with Crippen molar-refractivity contribution in [2.45, 2.75) is 17.4 Å². The van der Waals surface area contributed by atoms with Crippen LogP contribution in [0.3, 0.4) is 0 Å². The van der Waals surface area contributed by atoms with Crippen LogP contribution in [0.4, 0.5) is 0 Å². The summed E-state index contributed by atoms with van der Waals surface area (Å²) in [6, 6.07) is 0. The standard InChI is InChI=1S/C7H14S4/c1-6(8)2-9-3-7-4-10-5-11-7/h6-8H,2-5H2,1H3. The summed E-state index contributed by atoms with van der Waals surface area (Å²) in [7, 11) is 0. The van der Waals surface area contributed by atoms with E-state index in [1.165, 1.54) is 22.3 Å². The van der Waals surface area contributed by atoms with E-state index in [0.29, 0.717) is 5.25 Å². The van der Waals surface area contributed by atoms with E-state index in [0.717, 1.165) is 5.25 Å². The number of hydrogen-bond acceptors (Lipinski definition) is 4. The van der Waals surface area contributed by atoms with Gasteiger partial charge in [-0.05, 0) is 0 Å². The lowest BCUT2D eigenvalue weighted by Gasteiger charge is -2.07. The van der Waals surface area contributed by atoms with Crippen molar-refractivity contribution in [1.82, 2.24) is 0 Å². The van der Waals surface area contributed by atoms with Crippen LogP contribution in [-0.4, -0.2) is 32.8 Å². The summed E-state index contributed by atoms with van der Waals surface area (Å²) in [6.07, 6.45) is 0. The van der Waals surface area contributed by atoms with Crippen LogP contribution >= 0.6 is 47.9 Å². The molecule has 0 spiro atoms. The molecule has 0 saturated carbocycles. The van der Waals surface area contributed by atoms with Gasteiger partial charge in [-0.1, -0.05) is 6.92 Å². The molecule has 0 aromatic rings. The maximum atomic E-state index is 4.34. The summed E-state index contributed by atoms with van der Waals surface area (Å²) < 4.78 is 0. The summed E-state index contributed by atoms with van der Waals surface area (Å²) in [6.45, 7) is 2.16. The molecular weight excluding hydrogens is 212 g/mol. The lowest BCUT2D eigenvalue weighted by atomic mass is 10.5. The molecule has 0 aliphatic carbocycles. The van der Waals surface area contributed by atoms with Crippen molar-refractivity contribution < 1.29 is 0 Å². The van der Waals surface area contributed by atoms with Crippen LogP contribution < -0.4 is 0 Å². The van der Waals surface area contributed by atoms with Gasteiger partial charge in [0.05, 0.1) is 0 Å². The van der Waals surface area contributed by atoms with Crippen molar-refractivity contribution >= 4 is 47.9 Å². The molecule has 0 bridgehead atoms. The van der Waals surface area contributed by atoms with E-state index >= 15 is 0 Å². The highest BCUT2D eigenvalue weighted by atomic mass is 32.2. The quantitative estimate of drug-likeness (QED) is 0.733. The minimum absolute atomic E-state index is 0.555. The Labute approximate surface area is 87.4 Å². The number of hydrogen-bond donors (Lipinski definition) is 1. The van der Waals surface area contributed by atoms with Gasteiger partial charge >= 0.3 is 0 Å². The molecule has 0 amide bonds. The van der Waals surface area contributed by atoms with Crippen molar-refractivity contribution in [3.05, 3.63) is 0 Å². The van der Waals surface area contributed by atoms with Crippen LogP contribution in [0.1, 0.15) is 6.92 Å². The molecule has 1 fully saturated rings. The predicted octanol–water partition coefficient (Wildman–Crippen LogP) is 2.84. The third kappa shape index (κ3) is 4.86. The largest absolute Gasteiger partial charge is 0.175 e. The van der Waals surface area contributed by atoms with E-state index in [9.17, 15) is 0 Å². The summed E-state index contributed by atoms with van der Waals surface area (Å²) in [5, 5.41) is 2.78. The van der Waals surface area contributed by atoms with Gasteiger partial charge in [-0.3, -0.25) is 0 Å². The molecule has 1 aliphatic rings. The zero-order valence-corrected chi connectivity index (χ0v) is 10.00. The Kier molecular flexibility index (Phi) is 5.67. The van der Waals surface area contributed by atoms with Crippen LogP contribution in [0.15, 0.2) is 0 Å². The summed E-state index contributed by atoms with van der Waals surface area (Å²) in [5.41, 5.74) is 0. The van der Waals surface area contributed by atoms with Crippen molar-refractivity contribution in [2.75, 3.05) is 22.3 Å². The molecule has 2 atom stereocenters. The second kappa shape index (κ2) is 5.95. The van der Waals surface area contributed by atoms with E-state index in [2.05, 4.69) is 43.1 Å². The first kappa shape index (κ1) is 10.5. The molecule has 1 saturated heterocycles. The highest BCUT2D eigenvalue weighted by Crippen LogP contribution is 2.31. The Morgan fingerprint density at radius 3 is 3.09 bits per heavy atom. The maximum Gasteiger partial charge on any atom is 0.0395 e. The lowest BCUT2D eigenvalue weighted by Crippen LogP contribution is -2.06. The van der Waals surface area contributed by atoms with Gasteiger partial charge in [-0.2, -0.15) is 24.4 Å². The van der Waals surface area contributed by atoms with Crippen molar-refractivity contribution in [3.63, 3.8) is 0 Å². The summed E-state index contributed by atoms with van der Waals surface area (Å²) in [4.78, 5) is 0. The highest BCUT2D eigenvalue weighted by molar-refractivity contribution is 8.19. The fourth-order valence-electron chi connectivity index (χ4n) is 0.838. The maximum absolute atomic E-state index is 4.34. The molecule has 4 heteroatoms. The Bertz CT molecular complexity index is 98.6. The molecule has 0 aromatic heterocycles. The van der Waals surface area contributed by atoms with Gasteiger partial charge in [0.2, 0.25) is 0 Å². The van der Waals surface area contributed by atoms with E-state index < -0.39 is 0 Å². The third-order valence-electron chi connectivity index (χ3n) is 1.35. The summed E-state index contributed by atoms with van der Waals surface area (Å²) in [5.74, 6) is 3.88. The second-order valence-electron chi connectivity index (χ2n) is 2.66. The Hall–Kier alpha value is 1.40. The minimum atomic E-state index is 0.555. The van der Waals surface area contributed by atoms with Crippen LogP contribution in [0.2, 0.25) is 0 Å². The van der Waals surface area contributed by atoms with Crippen LogP contribution in [0.5, 0.6) is 0 Å². The lowest BCUT2D eigenvalue weighted by molar-refractivity contribution is 1.12. The Morgan fingerprint density at radius 2 is 2.55 bits per heavy atom. The topological polar surface area (TPSA) is 0 Å². The van der Waals surface area contributed by atoms with Gasteiger partial charge in [0, 0.05) is 32.8 Å². The van der Waals surface area contributed by atoms with Gasteiger partial charge in [-0.25, -0.2) is 0 Å². The van der Waals surface area contributed by atoms with Crippen molar-refractivity contribution in [2.24, 2.45) is 0 Å². The zero-order valence-electron chi connectivity index (χ0n) is 6.66. The smallest absolute Gasteiger partial charge is 0.0395 e. The first-order valence-corrected chi connectivity index (χ1v) is 7.61. The molecule has 0 nitrogen and oxygen atoms in total.